The predicted molar refractivity (Wildman–Crippen MR) is 138 cm³/mol. The Hall–Kier alpha value is -3.30. The lowest BCUT2D eigenvalue weighted by molar-refractivity contribution is -0.162. The molecule has 1 aromatic carbocycles. The van der Waals surface area contributed by atoms with Gasteiger partial charge in [-0.25, -0.2) is 0 Å². The Morgan fingerprint density at radius 2 is 1.82 bits per heavy atom. The number of Topliss-reactive ketones (excluding diaryl/α,β-unsaturated/α-hetero) is 2. The third-order valence-corrected chi connectivity index (χ3v) is 8.54. The van der Waals surface area contributed by atoms with Crippen LogP contribution in [0.15, 0.2) is 34.8 Å². The van der Waals surface area contributed by atoms with Crippen LogP contribution in [0.5, 0.6) is 5.75 Å². The number of alkyl halides is 1. The molecular weight excluding hydrogens is 582 g/mol. The van der Waals surface area contributed by atoms with Crippen LogP contribution in [0.4, 0.5) is 5.69 Å². The monoisotopic (exact) mass is 609 g/mol. The van der Waals surface area contributed by atoms with E-state index in [4.69, 9.17) is 5.73 Å². The van der Waals surface area contributed by atoms with Crippen LogP contribution in [0.1, 0.15) is 28.8 Å². The second-order valence-corrected chi connectivity index (χ2v) is 11.2. The van der Waals surface area contributed by atoms with Crippen molar-refractivity contribution < 1.29 is 49.8 Å². The van der Waals surface area contributed by atoms with Gasteiger partial charge in [-0.15, -0.1) is 0 Å². The number of nitrogens with zero attached hydrogens (tertiary/aromatic N) is 1. The second-order valence-electron chi connectivity index (χ2n) is 10.1. The van der Waals surface area contributed by atoms with Gasteiger partial charge in [-0.1, -0.05) is 28.9 Å². The molecule has 210 valence electrons. The van der Waals surface area contributed by atoms with Gasteiger partial charge in [0.15, 0.2) is 17.1 Å². The standard InChI is InChI=1S/C25H28BrN3O10/c1-7-8-4-5-10(28-24(38)9(26)6-30)17(31)12(8)18(32)13-11(7)19(33)15-16(29(2)3)20(34)14(23(27)37)22(36)25(15,39)21(13)35/h4-5,7,9,11,15-16,19,30-31,33-35,39H,6H2,1-3H3,(H2,27,37)(H,28,38)/t7?,9?,11?,15?,16-,19?,25-/m0/s1. The molecule has 13 nitrogen and oxygen atoms in total. The molecule has 3 aliphatic rings. The summed E-state index contributed by atoms with van der Waals surface area (Å²) < 4.78 is 0. The predicted octanol–water partition coefficient (Wildman–Crippen LogP) is -0.653. The lowest BCUT2D eigenvalue weighted by atomic mass is 9.55. The molecule has 5 unspecified atom stereocenters. The van der Waals surface area contributed by atoms with Gasteiger partial charge in [-0.2, -0.15) is 0 Å². The molecule has 3 aliphatic carbocycles. The van der Waals surface area contributed by atoms with Crippen molar-refractivity contribution in [2.75, 3.05) is 26.0 Å². The molecule has 9 N–H and O–H groups in total. The highest BCUT2D eigenvalue weighted by atomic mass is 79.9. The fraction of sp³-hybridized carbons (Fsp3) is 0.440. The van der Waals surface area contributed by atoms with E-state index >= 15 is 0 Å². The van der Waals surface area contributed by atoms with E-state index in [0.717, 1.165) is 0 Å². The number of halogens is 1. The number of fused-ring (bicyclic) bond motifs is 3. The molecule has 0 saturated heterocycles. The summed E-state index contributed by atoms with van der Waals surface area (Å²) in [5, 5.41) is 67.9. The Labute approximate surface area is 230 Å². The average Bonchev–Trinajstić information content (AvgIpc) is 2.86. The zero-order valence-electron chi connectivity index (χ0n) is 21.0. The molecule has 0 heterocycles. The molecule has 14 heteroatoms. The van der Waals surface area contributed by atoms with E-state index in [1.54, 1.807) is 6.92 Å². The molecule has 0 fully saturated rings. The van der Waals surface area contributed by atoms with Crippen molar-refractivity contribution in [2.24, 2.45) is 17.6 Å². The van der Waals surface area contributed by atoms with Crippen LogP contribution < -0.4 is 11.1 Å². The molecule has 0 bridgehead atoms. The van der Waals surface area contributed by atoms with Crippen molar-refractivity contribution in [3.8, 4) is 5.75 Å². The van der Waals surface area contributed by atoms with E-state index in [-0.39, 0.29) is 16.8 Å². The van der Waals surface area contributed by atoms with E-state index in [9.17, 15) is 49.8 Å². The molecule has 0 radical (unpaired) electrons. The molecule has 1 aromatic rings. The molecule has 0 aromatic heterocycles. The van der Waals surface area contributed by atoms with Crippen LogP contribution in [0.25, 0.3) is 0 Å². The van der Waals surface area contributed by atoms with Gasteiger partial charge in [0.25, 0.3) is 5.91 Å². The van der Waals surface area contributed by atoms with E-state index in [2.05, 4.69) is 21.2 Å². The minimum atomic E-state index is -3.02. The molecule has 2 amide bonds. The minimum Gasteiger partial charge on any atom is -0.510 e. The third kappa shape index (κ3) is 3.89. The number of likely N-dealkylation sites (N-methyl/N-ethyl adjacent to an activating group) is 1. The van der Waals surface area contributed by atoms with E-state index in [1.165, 1.54) is 31.1 Å². The Morgan fingerprint density at radius 3 is 2.36 bits per heavy atom. The molecule has 39 heavy (non-hydrogen) atoms. The number of nitrogens with two attached hydrogens (primary N) is 1. The van der Waals surface area contributed by atoms with Crippen molar-refractivity contribution in [1.82, 2.24) is 4.90 Å². The number of aliphatic hydroxyl groups excluding tert-OH is 4. The summed E-state index contributed by atoms with van der Waals surface area (Å²) >= 11 is 2.96. The topological polar surface area (TPSA) is 231 Å². The Morgan fingerprint density at radius 1 is 1.21 bits per heavy atom. The van der Waals surface area contributed by atoms with Gasteiger partial charge in [0, 0.05) is 11.5 Å². The lowest BCUT2D eigenvalue weighted by Gasteiger charge is -2.53. The van der Waals surface area contributed by atoms with Gasteiger partial charge < -0.3 is 41.7 Å². The number of nitrogens with one attached hydrogen (secondary N) is 1. The second kappa shape index (κ2) is 9.71. The van der Waals surface area contributed by atoms with Crippen molar-refractivity contribution >= 4 is 45.0 Å². The number of primary amides is 1. The molecule has 0 saturated carbocycles. The van der Waals surface area contributed by atoms with Crippen molar-refractivity contribution in [3.63, 3.8) is 0 Å². The first-order chi connectivity index (χ1) is 18.1. The van der Waals surface area contributed by atoms with Gasteiger partial charge in [0.05, 0.1) is 35.9 Å². The van der Waals surface area contributed by atoms with Crippen LogP contribution in [0.2, 0.25) is 0 Å². The number of aromatic hydroxyl groups is 1. The van der Waals surface area contributed by atoms with Crippen LogP contribution in [0.3, 0.4) is 0 Å². The number of ketones is 2. The maximum Gasteiger partial charge on any atom is 0.255 e. The quantitative estimate of drug-likeness (QED) is 0.119. The maximum absolute atomic E-state index is 13.8. The fourth-order valence-corrected chi connectivity index (χ4v) is 6.13. The number of phenols is 1. The first-order valence-corrected chi connectivity index (χ1v) is 12.8. The number of hydrogen-bond acceptors (Lipinski definition) is 11. The summed E-state index contributed by atoms with van der Waals surface area (Å²) in [6.07, 6.45) is -1.71. The van der Waals surface area contributed by atoms with Gasteiger partial charge >= 0.3 is 0 Å². The number of aliphatic hydroxyl groups is 5. The average molecular weight is 610 g/mol. The minimum absolute atomic E-state index is 0.186. The number of rotatable bonds is 5. The third-order valence-electron chi connectivity index (χ3n) is 7.83. The number of phenolic OH excluding ortho intramolecular Hbond substituents is 1. The normalized spacial score (nSPS) is 31.0. The van der Waals surface area contributed by atoms with Crippen molar-refractivity contribution in [3.05, 3.63) is 45.9 Å². The first-order valence-electron chi connectivity index (χ1n) is 11.9. The smallest absolute Gasteiger partial charge is 0.255 e. The Balaban J connectivity index is 1.95. The first kappa shape index (κ1) is 28.7. The number of hydrogen-bond donors (Lipinski definition) is 8. The molecule has 0 aliphatic heterocycles. The Bertz CT molecular complexity index is 1370. The highest BCUT2D eigenvalue weighted by Gasteiger charge is 2.67. The van der Waals surface area contributed by atoms with Gasteiger partial charge in [0.1, 0.15) is 21.9 Å². The molecular formula is C25H28BrN3O10. The summed E-state index contributed by atoms with van der Waals surface area (Å²) in [7, 11) is 2.90. The highest BCUT2D eigenvalue weighted by Crippen LogP contribution is 2.56. The number of amides is 2. The zero-order chi connectivity index (χ0) is 29.3. The van der Waals surface area contributed by atoms with Crippen molar-refractivity contribution in [2.45, 2.75) is 35.4 Å². The van der Waals surface area contributed by atoms with E-state index in [0.29, 0.717) is 0 Å². The summed E-state index contributed by atoms with van der Waals surface area (Å²) in [4.78, 5) is 51.8. The van der Waals surface area contributed by atoms with E-state index < -0.39 is 98.7 Å². The lowest BCUT2D eigenvalue weighted by Crippen LogP contribution is -2.68. The summed E-state index contributed by atoms with van der Waals surface area (Å²) in [6.45, 7) is 1.04. The summed E-state index contributed by atoms with van der Waals surface area (Å²) in [5.41, 5.74) is 0.455. The SMILES string of the molecule is CC1c2ccc(NC(=O)C(Br)CO)c(O)c2C(=O)C2=C(O)[C@]3(O)C(=O)C(C(N)=O)=C(O)[C@@H](N(C)C)C3C(O)C21. The van der Waals surface area contributed by atoms with Crippen LogP contribution in [-0.2, 0) is 14.4 Å². The number of carbonyl (C=O) groups excluding carboxylic acids is 4. The highest BCUT2D eigenvalue weighted by molar-refractivity contribution is 9.10. The number of benzene rings is 1. The molecule has 0 spiro atoms. The van der Waals surface area contributed by atoms with Gasteiger partial charge in [-0.05, 0) is 31.6 Å². The molecule has 4 rings (SSSR count). The van der Waals surface area contributed by atoms with Crippen molar-refractivity contribution in [1.29, 1.82) is 0 Å². The van der Waals surface area contributed by atoms with Crippen LogP contribution in [0, 0.1) is 11.8 Å². The zero-order valence-corrected chi connectivity index (χ0v) is 22.6. The number of anilines is 1. The summed E-state index contributed by atoms with van der Waals surface area (Å²) in [5.74, 6) is -10.8. The van der Waals surface area contributed by atoms with Gasteiger partial charge in [0.2, 0.25) is 11.7 Å². The van der Waals surface area contributed by atoms with Crippen LogP contribution >= 0.6 is 15.9 Å². The Kier molecular flexibility index (Phi) is 7.15. The van der Waals surface area contributed by atoms with Crippen LogP contribution in [-0.4, -0.2) is 102 Å². The fourth-order valence-electron chi connectivity index (χ4n) is 6.02. The maximum atomic E-state index is 13.8. The van der Waals surface area contributed by atoms with E-state index in [1.807, 2.05) is 0 Å². The summed E-state index contributed by atoms with van der Waals surface area (Å²) in [6, 6.07) is 1.41. The molecule has 7 atom stereocenters. The number of carbonyl (C=O) groups is 4. The largest absolute Gasteiger partial charge is 0.510 e. The van der Waals surface area contributed by atoms with Gasteiger partial charge in [-0.3, -0.25) is 24.1 Å².